The summed E-state index contributed by atoms with van der Waals surface area (Å²) in [7, 11) is 0. The molecule has 2 nitrogen and oxygen atoms in total. The van der Waals surface area contributed by atoms with Crippen LogP contribution in [0.25, 0.3) is 0 Å². The quantitative estimate of drug-likeness (QED) is 0.650. The van der Waals surface area contributed by atoms with Crippen molar-refractivity contribution >= 4 is 5.82 Å². The van der Waals surface area contributed by atoms with Gasteiger partial charge in [-0.1, -0.05) is 0 Å². The molecule has 0 saturated carbocycles. The monoisotopic (exact) mass is 149 g/mol. The average molecular weight is 149 g/mol. The summed E-state index contributed by atoms with van der Waals surface area (Å²) in [4.78, 5) is 6.41. The van der Waals surface area contributed by atoms with Gasteiger partial charge >= 0.3 is 0 Å². The van der Waals surface area contributed by atoms with E-state index in [4.69, 9.17) is 0 Å². The fraction of sp³-hybridized carbons (Fsp3) is 0.444. The summed E-state index contributed by atoms with van der Waals surface area (Å²) in [6.07, 6.45) is 1.77. The van der Waals surface area contributed by atoms with Crippen LogP contribution in [0, 0.1) is 6.07 Å². The van der Waals surface area contributed by atoms with Crippen LogP contribution < -0.4 is 4.90 Å². The fourth-order valence-corrected chi connectivity index (χ4v) is 1.04. The molecule has 11 heavy (non-hydrogen) atoms. The van der Waals surface area contributed by atoms with E-state index in [1.165, 1.54) is 0 Å². The van der Waals surface area contributed by atoms with Gasteiger partial charge in [-0.05, 0) is 32.0 Å². The van der Waals surface area contributed by atoms with Crippen molar-refractivity contribution in [1.29, 1.82) is 0 Å². The van der Waals surface area contributed by atoms with Gasteiger partial charge in [0.25, 0.3) is 0 Å². The van der Waals surface area contributed by atoms with Gasteiger partial charge in [0.1, 0.15) is 5.82 Å². The highest BCUT2D eigenvalue weighted by atomic mass is 15.2. The Morgan fingerprint density at radius 3 is 2.64 bits per heavy atom. The maximum absolute atomic E-state index is 4.22. The normalized spacial score (nSPS) is 9.64. The molecule has 0 aromatic carbocycles. The lowest BCUT2D eigenvalue weighted by molar-refractivity contribution is 0.846. The van der Waals surface area contributed by atoms with E-state index in [9.17, 15) is 0 Å². The lowest BCUT2D eigenvalue weighted by Gasteiger charge is -2.18. The Labute approximate surface area is 67.9 Å². The van der Waals surface area contributed by atoms with Crippen molar-refractivity contribution in [3.63, 3.8) is 0 Å². The van der Waals surface area contributed by atoms with Gasteiger partial charge in [-0.2, -0.15) is 0 Å². The molecule has 1 rings (SSSR count). The molecule has 1 heterocycles. The van der Waals surface area contributed by atoms with Crippen LogP contribution in [0.5, 0.6) is 0 Å². The molecule has 1 aromatic heterocycles. The minimum absolute atomic E-state index is 1.00. The molecule has 1 aromatic rings. The van der Waals surface area contributed by atoms with E-state index in [2.05, 4.69) is 29.8 Å². The molecule has 0 bridgehead atoms. The third-order valence-electron chi connectivity index (χ3n) is 1.68. The van der Waals surface area contributed by atoms with E-state index in [0.717, 1.165) is 18.9 Å². The van der Waals surface area contributed by atoms with Crippen LogP contribution in [-0.2, 0) is 0 Å². The number of hydrogen-bond acceptors (Lipinski definition) is 2. The third-order valence-corrected chi connectivity index (χ3v) is 1.68. The smallest absolute Gasteiger partial charge is 0.129 e. The summed E-state index contributed by atoms with van der Waals surface area (Å²) in [5, 5.41) is 0. The minimum Gasteiger partial charge on any atom is -0.357 e. The number of anilines is 1. The third kappa shape index (κ3) is 1.93. The van der Waals surface area contributed by atoms with Gasteiger partial charge in [-0.15, -0.1) is 0 Å². The van der Waals surface area contributed by atoms with Gasteiger partial charge in [0, 0.05) is 19.3 Å². The topological polar surface area (TPSA) is 16.1 Å². The molecule has 0 aliphatic heterocycles. The Balaban J connectivity index is 2.74. The second kappa shape index (κ2) is 3.96. The van der Waals surface area contributed by atoms with E-state index in [1.54, 1.807) is 6.20 Å². The SMILES string of the molecule is CCN(CC)c1c[c]ccn1. The van der Waals surface area contributed by atoms with Crippen molar-refractivity contribution in [3.8, 4) is 0 Å². The summed E-state index contributed by atoms with van der Waals surface area (Å²) >= 11 is 0. The highest BCUT2D eigenvalue weighted by molar-refractivity contribution is 5.36. The van der Waals surface area contributed by atoms with Crippen molar-refractivity contribution in [2.24, 2.45) is 0 Å². The van der Waals surface area contributed by atoms with Crippen LogP contribution in [-0.4, -0.2) is 18.1 Å². The Bertz CT molecular complexity index is 192. The second-order valence-electron chi connectivity index (χ2n) is 2.29. The van der Waals surface area contributed by atoms with Gasteiger partial charge in [0.05, 0.1) is 0 Å². The number of hydrogen-bond donors (Lipinski definition) is 0. The molecule has 0 unspecified atom stereocenters. The van der Waals surface area contributed by atoms with Crippen LogP contribution in [0.2, 0.25) is 0 Å². The molecular weight excluding hydrogens is 136 g/mol. The maximum Gasteiger partial charge on any atom is 0.129 e. The molecule has 0 aliphatic rings. The number of aromatic nitrogens is 1. The van der Waals surface area contributed by atoms with Crippen LogP contribution in [0.3, 0.4) is 0 Å². The van der Waals surface area contributed by atoms with Crippen molar-refractivity contribution in [2.75, 3.05) is 18.0 Å². The maximum atomic E-state index is 4.22. The van der Waals surface area contributed by atoms with E-state index >= 15 is 0 Å². The zero-order valence-corrected chi connectivity index (χ0v) is 7.04. The first-order chi connectivity index (χ1) is 5.38. The second-order valence-corrected chi connectivity index (χ2v) is 2.29. The molecule has 2 heteroatoms. The van der Waals surface area contributed by atoms with E-state index in [1.807, 2.05) is 12.1 Å². The van der Waals surface area contributed by atoms with E-state index < -0.39 is 0 Å². The Morgan fingerprint density at radius 1 is 1.45 bits per heavy atom. The molecule has 0 fully saturated rings. The molecule has 59 valence electrons. The van der Waals surface area contributed by atoms with Crippen LogP contribution in [0.15, 0.2) is 18.3 Å². The molecular formula is C9H13N2. The van der Waals surface area contributed by atoms with Crippen LogP contribution in [0.4, 0.5) is 5.82 Å². The molecule has 0 aliphatic carbocycles. The van der Waals surface area contributed by atoms with Gasteiger partial charge in [-0.25, -0.2) is 4.98 Å². The molecule has 0 atom stereocenters. The molecule has 0 spiro atoms. The van der Waals surface area contributed by atoms with Crippen LogP contribution in [0.1, 0.15) is 13.8 Å². The van der Waals surface area contributed by atoms with Gasteiger partial charge in [0.15, 0.2) is 0 Å². The summed E-state index contributed by atoms with van der Waals surface area (Å²) in [5.41, 5.74) is 0. The number of nitrogens with zero attached hydrogens (tertiary/aromatic N) is 2. The Hall–Kier alpha value is -1.05. The summed E-state index contributed by atoms with van der Waals surface area (Å²) in [5.74, 6) is 1.01. The number of pyridine rings is 1. The minimum atomic E-state index is 1.00. The van der Waals surface area contributed by atoms with Crippen molar-refractivity contribution < 1.29 is 0 Å². The lowest BCUT2D eigenvalue weighted by Crippen LogP contribution is -2.22. The predicted molar refractivity (Wildman–Crippen MR) is 46.6 cm³/mol. The predicted octanol–water partition coefficient (Wildman–Crippen LogP) is 1.73. The van der Waals surface area contributed by atoms with E-state index in [0.29, 0.717) is 0 Å². The molecule has 0 saturated heterocycles. The fourth-order valence-electron chi connectivity index (χ4n) is 1.04. The first-order valence-electron chi connectivity index (χ1n) is 3.95. The zero-order chi connectivity index (χ0) is 8.10. The largest absolute Gasteiger partial charge is 0.357 e. The average Bonchev–Trinajstić information content (AvgIpc) is 2.09. The number of rotatable bonds is 3. The first kappa shape index (κ1) is 8.05. The standard InChI is InChI=1S/C9H13N2/c1-3-11(4-2)9-7-5-6-8-10-9/h6-8H,3-4H2,1-2H3. The van der Waals surface area contributed by atoms with Gasteiger partial charge in [0.2, 0.25) is 0 Å². The molecule has 0 amide bonds. The highest BCUT2D eigenvalue weighted by Gasteiger charge is 1.99. The highest BCUT2D eigenvalue weighted by Crippen LogP contribution is 2.06. The lowest BCUT2D eigenvalue weighted by atomic mass is 10.4. The summed E-state index contributed by atoms with van der Waals surface area (Å²) in [6, 6.07) is 6.73. The molecule has 0 N–H and O–H groups in total. The van der Waals surface area contributed by atoms with E-state index in [-0.39, 0.29) is 0 Å². The van der Waals surface area contributed by atoms with Crippen molar-refractivity contribution in [3.05, 3.63) is 24.4 Å². The Kier molecular flexibility index (Phi) is 2.90. The summed E-state index contributed by atoms with van der Waals surface area (Å²) < 4.78 is 0. The van der Waals surface area contributed by atoms with Crippen molar-refractivity contribution in [2.45, 2.75) is 13.8 Å². The van der Waals surface area contributed by atoms with Crippen molar-refractivity contribution in [1.82, 2.24) is 4.98 Å². The van der Waals surface area contributed by atoms with Gasteiger partial charge < -0.3 is 4.90 Å². The summed E-state index contributed by atoms with van der Waals surface area (Å²) in [6.45, 7) is 6.25. The first-order valence-corrected chi connectivity index (χ1v) is 3.95. The Morgan fingerprint density at radius 2 is 2.18 bits per heavy atom. The van der Waals surface area contributed by atoms with Gasteiger partial charge in [-0.3, -0.25) is 0 Å². The zero-order valence-electron chi connectivity index (χ0n) is 7.04. The van der Waals surface area contributed by atoms with Crippen LogP contribution >= 0.6 is 0 Å². The molecule has 1 radical (unpaired) electrons.